The summed E-state index contributed by atoms with van der Waals surface area (Å²) >= 11 is 5.80. The van der Waals surface area contributed by atoms with E-state index in [1.807, 2.05) is 6.92 Å². The molecular formula is C15H13ClF3N3O. The number of hydrogen-bond donors (Lipinski definition) is 2. The molecule has 1 heterocycles. The second kappa shape index (κ2) is 6.87. The Morgan fingerprint density at radius 1 is 1.30 bits per heavy atom. The van der Waals surface area contributed by atoms with E-state index in [1.54, 1.807) is 12.1 Å². The topological polar surface area (TPSA) is 57.5 Å². The number of pyridine rings is 1. The van der Waals surface area contributed by atoms with Gasteiger partial charge in [0, 0.05) is 6.20 Å². The van der Waals surface area contributed by atoms with E-state index in [4.69, 9.17) is 11.6 Å². The minimum Gasteiger partial charge on any atom is -0.508 e. The summed E-state index contributed by atoms with van der Waals surface area (Å²) in [6.07, 6.45) is -3.25. The average molecular weight is 344 g/mol. The van der Waals surface area contributed by atoms with Gasteiger partial charge in [0.25, 0.3) is 0 Å². The van der Waals surface area contributed by atoms with Crippen LogP contribution in [-0.4, -0.2) is 15.8 Å². The highest BCUT2D eigenvalue weighted by Gasteiger charge is 2.31. The van der Waals surface area contributed by atoms with E-state index in [0.717, 1.165) is 11.6 Å². The van der Waals surface area contributed by atoms with Crippen LogP contribution in [0.1, 0.15) is 24.5 Å². The molecule has 23 heavy (non-hydrogen) atoms. The Hall–Kier alpha value is -2.28. The van der Waals surface area contributed by atoms with Crippen LogP contribution in [0.15, 0.2) is 41.6 Å². The van der Waals surface area contributed by atoms with Crippen molar-refractivity contribution in [3.63, 3.8) is 0 Å². The molecule has 1 aromatic carbocycles. The van der Waals surface area contributed by atoms with Crippen molar-refractivity contribution in [3.8, 4) is 5.75 Å². The van der Waals surface area contributed by atoms with Crippen molar-refractivity contribution in [2.45, 2.75) is 19.5 Å². The third kappa shape index (κ3) is 4.35. The summed E-state index contributed by atoms with van der Waals surface area (Å²) in [6, 6.07) is 7.19. The quantitative estimate of drug-likeness (QED) is 0.625. The first-order chi connectivity index (χ1) is 10.8. The maximum Gasteiger partial charge on any atom is 0.417 e. The summed E-state index contributed by atoms with van der Waals surface area (Å²) in [5.41, 5.74) is 3.05. The number of rotatable bonds is 4. The number of nitrogens with zero attached hydrogens (tertiary/aromatic N) is 2. The van der Waals surface area contributed by atoms with Crippen molar-refractivity contribution in [2.75, 3.05) is 5.43 Å². The van der Waals surface area contributed by atoms with Gasteiger partial charge < -0.3 is 5.11 Å². The Balaban J connectivity index is 2.22. The predicted octanol–water partition coefficient (Wildman–Crippen LogP) is 4.69. The summed E-state index contributed by atoms with van der Waals surface area (Å²) in [7, 11) is 0. The van der Waals surface area contributed by atoms with Crippen molar-refractivity contribution < 1.29 is 18.3 Å². The fourth-order valence-corrected chi connectivity index (χ4v) is 2.01. The lowest BCUT2D eigenvalue weighted by Gasteiger charge is -2.10. The summed E-state index contributed by atoms with van der Waals surface area (Å²) in [4.78, 5) is 3.65. The van der Waals surface area contributed by atoms with Crippen LogP contribution >= 0.6 is 11.6 Å². The number of hydrazone groups is 1. The fourth-order valence-electron chi connectivity index (χ4n) is 1.80. The molecule has 2 aromatic rings. The first kappa shape index (κ1) is 17.1. The van der Waals surface area contributed by atoms with E-state index in [9.17, 15) is 18.3 Å². The molecule has 0 aliphatic carbocycles. The summed E-state index contributed by atoms with van der Waals surface area (Å²) in [6.45, 7) is 1.87. The molecule has 0 saturated heterocycles. The second-order valence-corrected chi connectivity index (χ2v) is 5.03. The van der Waals surface area contributed by atoms with Crippen molar-refractivity contribution >= 4 is 23.1 Å². The number of phenolic OH excluding ortho intramolecular Hbond substituents is 1. The van der Waals surface area contributed by atoms with Crippen LogP contribution in [0.4, 0.5) is 19.0 Å². The summed E-state index contributed by atoms with van der Waals surface area (Å²) in [5.74, 6) is 0.161. The first-order valence-electron chi connectivity index (χ1n) is 6.66. The maximum atomic E-state index is 12.6. The lowest BCUT2D eigenvalue weighted by molar-refractivity contribution is -0.137. The SMILES string of the molecule is CC/C(=N\Nc1ncc(C(F)(F)F)cc1Cl)c1ccc(O)cc1. The van der Waals surface area contributed by atoms with Crippen LogP contribution < -0.4 is 5.43 Å². The van der Waals surface area contributed by atoms with Crippen molar-refractivity contribution in [1.82, 2.24) is 4.98 Å². The zero-order valence-electron chi connectivity index (χ0n) is 12.0. The van der Waals surface area contributed by atoms with E-state index in [-0.39, 0.29) is 16.6 Å². The monoisotopic (exact) mass is 343 g/mol. The summed E-state index contributed by atoms with van der Waals surface area (Å²) < 4.78 is 37.7. The highest BCUT2D eigenvalue weighted by Crippen LogP contribution is 2.32. The van der Waals surface area contributed by atoms with Crippen LogP contribution in [-0.2, 0) is 6.18 Å². The maximum absolute atomic E-state index is 12.6. The number of phenols is 1. The Morgan fingerprint density at radius 2 is 1.96 bits per heavy atom. The number of anilines is 1. The number of aromatic hydroxyl groups is 1. The van der Waals surface area contributed by atoms with Crippen molar-refractivity contribution in [2.24, 2.45) is 5.10 Å². The van der Waals surface area contributed by atoms with Gasteiger partial charge in [0.2, 0.25) is 0 Å². The Bertz CT molecular complexity index is 715. The molecule has 0 bridgehead atoms. The van der Waals surface area contributed by atoms with Crippen molar-refractivity contribution in [3.05, 3.63) is 52.7 Å². The van der Waals surface area contributed by atoms with Crippen molar-refractivity contribution in [1.29, 1.82) is 0 Å². The number of benzene rings is 1. The highest BCUT2D eigenvalue weighted by molar-refractivity contribution is 6.33. The normalized spacial score (nSPS) is 12.3. The molecule has 0 atom stereocenters. The largest absolute Gasteiger partial charge is 0.508 e. The Labute approximate surface area is 135 Å². The molecule has 122 valence electrons. The highest BCUT2D eigenvalue weighted by atomic mass is 35.5. The number of nitrogens with one attached hydrogen (secondary N) is 1. The summed E-state index contributed by atoms with van der Waals surface area (Å²) in [5, 5.41) is 13.2. The molecular weight excluding hydrogens is 331 g/mol. The molecule has 4 nitrogen and oxygen atoms in total. The smallest absolute Gasteiger partial charge is 0.417 e. The molecule has 2 N–H and O–H groups in total. The minimum atomic E-state index is -4.50. The van der Waals surface area contributed by atoms with Crippen LogP contribution in [0.3, 0.4) is 0 Å². The molecule has 0 amide bonds. The van der Waals surface area contributed by atoms with Gasteiger partial charge in [0.1, 0.15) is 5.75 Å². The lowest BCUT2D eigenvalue weighted by atomic mass is 10.1. The average Bonchev–Trinajstić information content (AvgIpc) is 2.49. The molecule has 1 aromatic heterocycles. The number of alkyl halides is 3. The standard InChI is InChI=1S/C15H13ClF3N3O/c1-2-13(9-3-5-11(23)6-4-9)21-22-14-12(16)7-10(8-20-14)15(17,18)19/h3-8,23H,2H2,1H3,(H,20,22)/b21-13+. The molecule has 0 aliphatic heterocycles. The van der Waals surface area contributed by atoms with Gasteiger partial charge >= 0.3 is 6.18 Å². The Kier molecular flexibility index (Phi) is 5.10. The van der Waals surface area contributed by atoms with Gasteiger partial charge in [-0.1, -0.05) is 18.5 Å². The molecule has 0 unspecified atom stereocenters. The van der Waals surface area contributed by atoms with Gasteiger partial charge in [0.15, 0.2) is 5.82 Å². The van der Waals surface area contributed by atoms with Gasteiger partial charge in [-0.25, -0.2) is 4.98 Å². The molecule has 0 fully saturated rings. The van der Waals surface area contributed by atoms with Crippen LogP contribution in [0.25, 0.3) is 0 Å². The fraction of sp³-hybridized carbons (Fsp3) is 0.200. The zero-order chi connectivity index (χ0) is 17.0. The molecule has 2 rings (SSSR count). The molecule has 8 heteroatoms. The van der Waals surface area contributed by atoms with E-state index in [1.165, 1.54) is 12.1 Å². The van der Waals surface area contributed by atoms with Crippen LogP contribution in [0.5, 0.6) is 5.75 Å². The zero-order valence-corrected chi connectivity index (χ0v) is 12.8. The number of halogens is 4. The van der Waals surface area contributed by atoms with Gasteiger partial charge in [-0.15, -0.1) is 0 Å². The lowest BCUT2D eigenvalue weighted by Crippen LogP contribution is -2.07. The van der Waals surface area contributed by atoms with Gasteiger partial charge in [-0.3, -0.25) is 5.43 Å². The van der Waals surface area contributed by atoms with Crippen LogP contribution in [0.2, 0.25) is 5.02 Å². The Morgan fingerprint density at radius 3 is 2.48 bits per heavy atom. The molecule has 0 radical (unpaired) electrons. The number of aromatic nitrogens is 1. The van der Waals surface area contributed by atoms with E-state index >= 15 is 0 Å². The molecule has 0 saturated carbocycles. The van der Waals surface area contributed by atoms with E-state index in [0.29, 0.717) is 18.3 Å². The minimum absolute atomic E-state index is 0.0318. The van der Waals surface area contributed by atoms with Crippen LogP contribution in [0, 0.1) is 0 Å². The first-order valence-corrected chi connectivity index (χ1v) is 7.03. The third-order valence-electron chi connectivity index (χ3n) is 3.00. The van der Waals surface area contributed by atoms with Gasteiger partial charge in [-0.05, 0) is 42.3 Å². The second-order valence-electron chi connectivity index (χ2n) is 4.62. The number of hydrogen-bond acceptors (Lipinski definition) is 4. The van der Waals surface area contributed by atoms with Gasteiger partial charge in [-0.2, -0.15) is 18.3 Å². The molecule has 0 spiro atoms. The third-order valence-corrected chi connectivity index (χ3v) is 3.29. The molecule has 0 aliphatic rings. The predicted molar refractivity (Wildman–Crippen MR) is 82.8 cm³/mol. The van der Waals surface area contributed by atoms with E-state index in [2.05, 4.69) is 15.5 Å². The van der Waals surface area contributed by atoms with Gasteiger partial charge in [0.05, 0.1) is 16.3 Å². The van der Waals surface area contributed by atoms with E-state index < -0.39 is 11.7 Å².